The van der Waals surface area contributed by atoms with E-state index in [-0.39, 0.29) is 5.22 Å². The second kappa shape index (κ2) is 5.81. The Labute approximate surface area is 64.6 Å². The summed E-state index contributed by atoms with van der Waals surface area (Å²) in [5.41, 5.74) is 1.15. The van der Waals surface area contributed by atoms with Crippen LogP contribution in [0.4, 0.5) is 0 Å². The van der Waals surface area contributed by atoms with Crippen LogP contribution in [0, 0.1) is 12.3 Å². The van der Waals surface area contributed by atoms with Crippen LogP contribution in [-0.2, 0) is 4.74 Å². The van der Waals surface area contributed by atoms with Gasteiger partial charge in [0.25, 0.3) is 0 Å². The maximum atomic E-state index is 5.34. The summed E-state index contributed by atoms with van der Waals surface area (Å²) in [5.74, 6) is 2.39. The molecule has 1 nitrogen and oxygen atoms in total. The number of hydrogen-bond donors (Lipinski definition) is 0. The largest absolute Gasteiger partial charge is 0.481 e. The van der Waals surface area contributed by atoms with Crippen molar-refractivity contribution in [2.24, 2.45) is 0 Å². The highest BCUT2D eigenvalue weighted by atomic mass is 35.5. The third kappa shape index (κ3) is 5.55. The van der Waals surface area contributed by atoms with E-state index in [0.29, 0.717) is 13.0 Å². The molecule has 3 heteroatoms. The minimum absolute atomic E-state index is 0.173. The lowest BCUT2D eigenvalue weighted by atomic mass is 10.5. The van der Waals surface area contributed by atoms with Crippen molar-refractivity contribution < 1.29 is 4.74 Å². The Hall–Kier alpha value is -0.320. The predicted octanol–water partition coefficient (Wildman–Crippen LogP) is 2.30. The van der Waals surface area contributed by atoms with E-state index in [0.717, 1.165) is 5.54 Å². The van der Waals surface area contributed by atoms with Gasteiger partial charge in [-0.15, -0.1) is 12.3 Å². The summed E-state index contributed by atoms with van der Waals surface area (Å²) in [4.78, 5) is 0. The quantitative estimate of drug-likeness (QED) is 0.354. The second-order valence-corrected chi connectivity index (χ2v) is 1.81. The summed E-state index contributed by atoms with van der Waals surface area (Å²) in [6, 6.07) is 0. The van der Waals surface area contributed by atoms with Crippen molar-refractivity contribution in [3.8, 4) is 12.3 Å². The van der Waals surface area contributed by atoms with E-state index in [1.165, 1.54) is 0 Å². The number of rotatable bonds is 3. The van der Waals surface area contributed by atoms with Crippen molar-refractivity contribution in [2.45, 2.75) is 6.42 Å². The van der Waals surface area contributed by atoms with E-state index in [9.17, 15) is 0 Å². The standard InChI is InChI=1S/C6H6Cl2O/c1-2-3-4-9-6(8)5-7/h1,5H,3-4H2/b6-5-. The molecule has 0 radical (unpaired) electrons. The molecule has 0 unspecified atom stereocenters. The molecule has 0 aromatic heterocycles. The van der Waals surface area contributed by atoms with Crippen LogP contribution in [-0.4, -0.2) is 6.61 Å². The topological polar surface area (TPSA) is 9.23 Å². The fraction of sp³-hybridized carbons (Fsp3) is 0.333. The van der Waals surface area contributed by atoms with Crippen LogP contribution in [0.1, 0.15) is 6.42 Å². The molecular formula is C6H6Cl2O. The molecule has 0 saturated carbocycles. The number of halogens is 2. The van der Waals surface area contributed by atoms with Gasteiger partial charge in [0.15, 0.2) is 5.22 Å². The van der Waals surface area contributed by atoms with Crippen molar-refractivity contribution in [1.82, 2.24) is 0 Å². The van der Waals surface area contributed by atoms with Gasteiger partial charge in [-0.05, 0) is 11.6 Å². The Kier molecular flexibility index (Phi) is 5.60. The highest BCUT2D eigenvalue weighted by Gasteiger charge is 1.87. The molecule has 0 aliphatic carbocycles. The molecule has 0 aliphatic heterocycles. The van der Waals surface area contributed by atoms with Crippen LogP contribution in [0.25, 0.3) is 0 Å². The molecule has 0 aromatic rings. The molecule has 0 saturated heterocycles. The first-order chi connectivity index (χ1) is 4.31. The average Bonchev–Trinajstić information content (AvgIpc) is 1.89. The highest BCUT2D eigenvalue weighted by molar-refractivity contribution is 6.35. The van der Waals surface area contributed by atoms with Crippen LogP contribution >= 0.6 is 23.2 Å². The fourth-order valence-corrected chi connectivity index (χ4v) is 0.379. The SMILES string of the molecule is C#CCCO/C(Cl)=C\Cl. The molecule has 50 valence electrons. The second-order valence-electron chi connectivity index (χ2n) is 1.22. The van der Waals surface area contributed by atoms with Crippen molar-refractivity contribution in [1.29, 1.82) is 0 Å². The van der Waals surface area contributed by atoms with Crippen molar-refractivity contribution >= 4 is 23.2 Å². The van der Waals surface area contributed by atoms with Gasteiger partial charge >= 0.3 is 0 Å². The Morgan fingerprint density at radius 1 is 1.78 bits per heavy atom. The summed E-state index contributed by atoms with van der Waals surface area (Å²) < 4.78 is 4.78. The Bertz CT molecular complexity index is 134. The third-order valence-electron chi connectivity index (χ3n) is 0.572. The van der Waals surface area contributed by atoms with E-state index in [1.807, 2.05) is 0 Å². The Morgan fingerprint density at radius 3 is 2.89 bits per heavy atom. The van der Waals surface area contributed by atoms with Gasteiger partial charge < -0.3 is 4.74 Å². The maximum Gasteiger partial charge on any atom is 0.198 e. The zero-order valence-electron chi connectivity index (χ0n) is 4.73. The lowest BCUT2D eigenvalue weighted by Crippen LogP contribution is -1.87. The summed E-state index contributed by atoms with van der Waals surface area (Å²) in [6.07, 6.45) is 5.47. The van der Waals surface area contributed by atoms with Gasteiger partial charge in [0.05, 0.1) is 5.54 Å². The molecule has 0 bridgehead atoms. The normalized spacial score (nSPS) is 10.6. The van der Waals surface area contributed by atoms with E-state index in [4.69, 9.17) is 34.4 Å². The van der Waals surface area contributed by atoms with Crippen LogP contribution in [0.15, 0.2) is 10.8 Å². The first kappa shape index (κ1) is 8.68. The maximum absolute atomic E-state index is 5.34. The van der Waals surface area contributed by atoms with E-state index >= 15 is 0 Å². The minimum atomic E-state index is 0.173. The summed E-state index contributed by atoms with van der Waals surface area (Å²) in [7, 11) is 0. The average molecular weight is 165 g/mol. The molecule has 0 spiro atoms. The summed E-state index contributed by atoms with van der Waals surface area (Å²) in [5, 5.41) is 0.173. The van der Waals surface area contributed by atoms with Crippen molar-refractivity contribution in [3.63, 3.8) is 0 Å². The Morgan fingerprint density at radius 2 is 2.44 bits per heavy atom. The van der Waals surface area contributed by atoms with E-state index in [1.54, 1.807) is 0 Å². The van der Waals surface area contributed by atoms with Gasteiger partial charge in [0.2, 0.25) is 0 Å². The third-order valence-corrected chi connectivity index (χ3v) is 1.10. The first-order valence-electron chi connectivity index (χ1n) is 2.33. The highest BCUT2D eigenvalue weighted by Crippen LogP contribution is 2.04. The monoisotopic (exact) mass is 164 g/mol. The molecule has 0 amide bonds. The smallest absolute Gasteiger partial charge is 0.198 e. The minimum Gasteiger partial charge on any atom is -0.481 e. The molecule has 0 heterocycles. The molecule has 0 N–H and O–H groups in total. The molecule has 0 rings (SSSR count). The van der Waals surface area contributed by atoms with Gasteiger partial charge in [-0.2, -0.15) is 0 Å². The van der Waals surface area contributed by atoms with Gasteiger partial charge in [0, 0.05) is 6.42 Å². The van der Waals surface area contributed by atoms with E-state index in [2.05, 4.69) is 5.92 Å². The van der Waals surface area contributed by atoms with Gasteiger partial charge in [-0.25, -0.2) is 0 Å². The molecule has 0 aliphatic rings. The van der Waals surface area contributed by atoms with Gasteiger partial charge in [-0.3, -0.25) is 0 Å². The molecular weight excluding hydrogens is 159 g/mol. The molecule has 9 heavy (non-hydrogen) atoms. The number of hydrogen-bond acceptors (Lipinski definition) is 1. The number of terminal acetylenes is 1. The zero-order chi connectivity index (χ0) is 7.11. The van der Waals surface area contributed by atoms with Crippen LogP contribution in [0.2, 0.25) is 0 Å². The number of ether oxygens (including phenoxy) is 1. The lowest BCUT2D eigenvalue weighted by molar-refractivity contribution is 0.245. The fourth-order valence-electron chi connectivity index (χ4n) is 0.239. The zero-order valence-corrected chi connectivity index (χ0v) is 6.24. The molecule has 0 fully saturated rings. The van der Waals surface area contributed by atoms with Crippen LogP contribution in [0.3, 0.4) is 0 Å². The lowest BCUT2D eigenvalue weighted by Gasteiger charge is -1.97. The molecule has 0 aromatic carbocycles. The van der Waals surface area contributed by atoms with Crippen LogP contribution in [0.5, 0.6) is 0 Å². The summed E-state index contributed by atoms with van der Waals surface area (Å²) >= 11 is 10.5. The Balaban J connectivity index is 3.20. The van der Waals surface area contributed by atoms with Crippen LogP contribution < -0.4 is 0 Å². The van der Waals surface area contributed by atoms with E-state index < -0.39 is 0 Å². The van der Waals surface area contributed by atoms with Gasteiger partial charge in [-0.1, -0.05) is 11.6 Å². The van der Waals surface area contributed by atoms with Crippen molar-refractivity contribution in [3.05, 3.63) is 10.8 Å². The predicted molar refractivity (Wildman–Crippen MR) is 39.2 cm³/mol. The van der Waals surface area contributed by atoms with Gasteiger partial charge in [0.1, 0.15) is 6.61 Å². The first-order valence-corrected chi connectivity index (χ1v) is 3.15. The van der Waals surface area contributed by atoms with Crippen molar-refractivity contribution in [2.75, 3.05) is 6.61 Å². The molecule has 0 atom stereocenters. The summed E-state index contributed by atoms with van der Waals surface area (Å²) in [6.45, 7) is 0.415.